The molecule has 0 saturated heterocycles. The molecular weight excluding hydrogens is 293 g/mol. The van der Waals surface area contributed by atoms with E-state index in [-0.39, 0.29) is 0 Å². The van der Waals surface area contributed by atoms with Crippen LogP contribution in [-0.2, 0) is 20.1 Å². The van der Waals surface area contributed by atoms with Crippen LogP contribution in [0.1, 0.15) is 0 Å². The van der Waals surface area contributed by atoms with Crippen molar-refractivity contribution in [3.05, 3.63) is 10.1 Å². The number of hydrogen-bond acceptors (Lipinski definition) is 4. The van der Waals surface area contributed by atoms with Crippen molar-refractivity contribution in [3.63, 3.8) is 0 Å². The van der Waals surface area contributed by atoms with Crippen LogP contribution >= 0.6 is 0 Å². The molecule has 8 heavy (non-hydrogen) atoms. The summed E-state index contributed by atoms with van der Waals surface area (Å²) in [6, 6.07) is 0. The topological polar surface area (TPSA) is 95.2 Å². The van der Waals surface area contributed by atoms with E-state index < -0.39 is 3.48 Å². The van der Waals surface area contributed by atoms with Gasteiger partial charge in [-0.2, -0.15) is 0 Å². The van der Waals surface area contributed by atoms with Gasteiger partial charge in [-0.15, -0.1) is 0 Å². The second-order valence-electron chi connectivity index (χ2n) is 0.767. The van der Waals surface area contributed by atoms with E-state index in [9.17, 15) is 0 Å². The Morgan fingerprint density at radius 2 is 1.62 bits per heavy atom. The zero-order valence-corrected chi connectivity index (χ0v) is 6.42. The number of rotatable bonds is 1. The van der Waals surface area contributed by atoms with Crippen molar-refractivity contribution in [3.8, 4) is 0 Å². The van der Waals surface area contributed by atoms with E-state index in [0.717, 1.165) is 20.1 Å². The molecule has 6 heteroatoms. The summed E-state index contributed by atoms with van der Waals surface area (Å²) in [5.74, 6) is 0. The molecule has 0 saturated carbocycles. The zero-order chi connectivity index (χ0) is 6.99. The van der Waals surface area contributed by atoms with E-state index in [0.29, 0.717) is 13.1 Å². The average Bonchev–Trinajstić information content (AvgIpc) is 1.65. The van der Waals surface area contributed by atoms with Crippen LogP contribution in [0.2, 0.25) is 0 Å². The van der Waals surface area contributed by atoms with Crippen molar-refractivity contribution < 1.29 is 23.5 Å². The minimum atomic E-state index is -0.528. The summed E-state index contributed by atoms with van der Waals surface area (Å²) in [4.78, 5) is 8.79. The fourth-order valence-corrected chi connectivity index (χ4v) is 0. The van der Waals surface area contributed by atoms with Gasteiger partial charge in [0.05, 0.1) is 0 Å². The van der Waals surface area contributed by atoms with E-state index in [4.69, 9.17) is 21.6 Å². The Morgan fingerprint density at radius 1 is 1.50 bits per heavy atom. The normalized spacial score (nSPS) is 7.00. The van der Waals surface area contributed by atoms with Crippen LogP contribution < -0.4 is 11.5 Å². The molecule has 0 aliphatic rings. The SMILES string of the molecule is NCCN.O=[N+]([O-])[Pt]. The number of nitrogens with two attached hydrogens (primary N) is 2. The number of nitro groups is 1. The predicted molar refractivity (Wildman–Crippen MR) is 25.1 cm³/mol. The fourth-order valence-electron chi connectivity index (χ4n) is 0. The maximum atomic E-state index is 8.79. The van der Waals surface area contributed by atoms with Gasteiger partial charge >= 0.3 is 33.7 Å². The quantitative estimate of drug-likeness (QED) is 0.461. The summed E-state index contributed by atoms with van der Waals surface area (Å²) in [6.07, 6.45) is 0. The third-order valence-corrected chi connectivity index (χ3v) is 0.167. The van der Waals surface area contributed by atoms with Crippen LogP contribution in [0.15, 0.2) is 0 Å². The second kappa shape index (κ2) is 10.1. The van der Waals surface area contributed by atoms with Gasteiger partial charge in [0.25, 0.3) is 0 Å². The van der Waals surface area contributed by atoms with Gasteiger partial charge in [0.1, 0.15) is 0 Å². The van der Waals surface area contributed by atoms with Crippen molar-refractivity contribution >= 4 is 0 Å². The Labute approximate surface area is 58.8 Å². The molecule has 0 radical (unpaired) electrons. The molecule has 0 heterocycles. The summed E-state index contributed by atoms with van der Waals surface area (Å²) in [5.41, 5.74) is 9.81. The molecule has 0 fully saturated rings. The molecule has 0 bridgehead atoms. The van der Waals surface area contributed by atoms with Gasteiger partial charge in [0.2, 0.25) is 0 Å². The molecule has 0 atom stereocenters. The van der Waals surface area contributed by atoms with Crippen molar-refractivity contribution in [2.24, 2.45) is 11.5 Å². The molecule has 0 amide bonds. The van der Waals surface area contributed by atoms with Crippen LogP contribution in [0, 0.1) is 10.1 Å². The Bertz CT molecular complexity index is 53.2. The molecular formula is C2H8N3O2Pt. The molecule has 0 spiro atoms. The minimum absolute atomic E-state index is 0.528. The predicted octanol–water partition coefficient (Wildman–Crippen LogP) is -1.37. The van der Waals surface area contributed by atoms with Gasteiger partial charge in [-0.05, 0) is 0 Å². The van der Waals surface area contributed by atoms with E-state index in [1.165, 1.54) is 0 Å². The molecule has 0 aliphatic carbocycles. The van der Waals surface area contributed by atoms with Crippen molar-refractivity contribution in [2.45, 2.75) is 0 Å². The van der Waals surface area contributed by atoms with E-state index in [1.807, 2.05) is 0 Å². The van der Waals surface area contributed by atoms with Crippen molar-refractivity contribution in [1.29, 1.82) is 0 Å². The third kappa shape index (κ3) is 148. The van der Waals surface area contributed by atoms with E-state index in [2.05, 4.69) is 0 Å². The Balaban J connectivity index is 0. The molecule has 0 unspecified atom stereocenters. The van der Waals surface area contributed by atoms with Gasteiger partial charge in [-0.3, -0.25) is 0 Å². The second-order valence-corrected chi connectivity index (χ2v) is 1.60. The van der Waals surface area contributed by atoms with E-state index in [1.54, 1.807) is 0 Å². The first-order chi connectivity index (χ1) is 3.65. The molecule has 0 aromatic heterocycles. The van der Waals surface area contributed by atoms with Gasteiger partial charge in [0.15, 0.2) is 0 Å². The summed E-state index contributed by atoms with van der Waals surface area (Å²) in [5, 5.41) is 8.79. The first-order valence-corrected chi connectivity index (χ1v) is 2.84. The van der Waals surface area contributed by atoms with Gasteiger partial charge in [-0.1, -0.05) is 0 Å². The van der Waals surface area contributed by atoms with Crippen molar-refractivity contribution in [2.75, 3.05) is 13.1 Å². The van der Waals surface area contributed by atoms with Gasteiger partial charge in [0, 0.05) is 13.1 Å². The summed E-state index contributed by atoms with van der Waals surface area (Å²) in [6.45, 7) is 1.19. The maximum absolute atomic E-state index is 8.79. The van der Waals surface area contributed by atoms with Crippen molar-refractivity contribution in [1.82, 2.24) is 0 Å². The zero-order valence-electron chi connectivity index (χ0n) is 4.15. The number of nitrogens with zero attached hydrogens (tertiary/aromatic N) is 1. The van der Waals surface area contributed by atoms with Crippen LogP contribution in [0.4, 0.5) is 0 Å². The van der Waals surface area contributed by atoms with E-state index >= 15 is 0 Å². The van der Waals surface area contributed by atoms with Crippen LogP contribution in [0.25, 0.3) is 0 Å². The molecule has 0 aromatic carbocycles. The van der Waals surface area contributed by atoms with Crippen LogP contribution in [0.3, 0.4) is 0 Å². The third-order valence-electron chi connectivity index (χ3n) is 0.167. The number of hydrogen-bond donors (Lipinski definition) is 2. The fraction of sp³-hybridized carbons (Fsp3) is 1.00. The summed E-state index contributed by atoms with van der Waals surface area (Å²) < 4.78 is -0.528. The molecule has 5 nitrogen and oxygen atoms in total. The Kier molecular flexibility index (Phi) is 13.7. The monoisotopic (exact) mass is 301 g/mol. The molecule has 4 N–H and O–H groups in total. The molecule has 0 rings (SSSR count). The van der Waals surface area contributed by atoms with Crippen LogP contribution in [-0.4, -0.2) is 16.6 Å². The standard InChI is InChI=1S/C2H8N2.NO2.Pt/c3-1-2-4;2-1-3;/h1-4H2;;. The average molecular weight is 301 g/mol. The first-order valence-electron chi connectivity index (χ1n) is 1.82. The van der Waals surface area contributed by atoms with Gasteiger partial charge < -0.3 is 11.5 Å². The molecule has 0 aromatic rings. The first kappa shape index (κ1) is 10.9. The van der Waals surface area contributed by atoms with Gasteiger partial charge in [-0.25, -0.2) is 0 Å². The molecule has 0 aliphatic heterocycles. The molecule has 53 valence electrons. The summed E-state index contributed by atoms with van der Waals surface area (Å²) >= 11 is 1.05. The summed E-state index contributed by atoms with van der Waals surface area (Å²) in [7, 11) is 0. The van der Waals surface area contributed by atoms with Crippen LogP contribution in [0.5, 0.6) is 0 Å². The Morgan fingerprint density at radius 3 is 1.62 bits per heavy atom. The Hall–Kier alpha value is 0.00831.